The standard InChI is InChI=1S/C24H28N2O3/c27-24(25-19-10-11-19)23(17-6-2-1-3-7-17)26-13-4-8-20(26)18-9-12-21-22(16-18)29-15-5-14-28-21/h1-3,6-7,9,12,16,19-20,23H,4-5,8,10-11,13-15H2,(H,25,27)/p+1/t20-,23+/m1/s1. The molecule has 1 unspecified atom stereocenters. The number of quaternary nitrogens is 1. The van der Waals surface area contributed by atoms with Crippen LogP contribution in [0, 0.1) is 0 Å². The molecular formula is C24H29N2O3+. The van der Waals surface area contributed by atoms with Crippen LogP contribution in [-0.4, -0.2) is 31.7 Å². The first-order valence-corrected chi connectivity index (χ1v) is 10.9. The van der Waals surface area contributed by atoms with Crippen molar-refractivity contribution < 1.29 is 19.2 Å². The topological polar surface area (TPSA) is 52.0 Å². The van der Waals surface area contributed by atoms with Crippen LogP contribution in [0.3, 0.4) is 0 Å². The number of nitrogens with one attached hydrogen (secondary N) is 2. The monoisotopic (exact) mass is 393 g/mol. The maximum atomic E-state index is 13.3. The summed E-state index contributed by atoms with van der Waals surface area (Å²) in [5.74, 6) is 1.83. The first-order valence-electron chi connectivity index (χ1n) is 10.9. The van der Waals surface area contributed by atoms with Crippen LogP contribution in [0.25, 0.3) is 0 Å². The van der Waals surface area contributed by atoms with Crippen molar-refractivity contribution in [2.24, 2.45) is 0 Å². The molecule has 2 aromatic rings. The van der Waals surface area contributed by atoms with Crippen molar-refractivity contribution in [1.29, 1.82) is 0 Å². The number of hydrogen-bond donors (Lipinski definition) is 2. The Kier molecular flexibility index (Phi) is 5.15. The second-order valence-corrected chi connectivity index (χ2v) is 8.40. The Morgan fingerprint density at radius 1 is 0.966 bits per heavy atom. The molecule has 2 aromatic carbocycles. The predicted molar refractivity (Wildman–Crippen MR) is 110 cm³/mol. The summed E-state index contributed by atoms with van der Waals surface area (Å²) >= 11 is 0. The Bertz CT molecular complexity index is 866. The zero-order valence-electron chi connectivity index (χ0n) is 16.7. The van der Waals surface area contributed by atoms with Crippen molar-refractivity contribution in [3.63, 3.8) is 0 Å². The molecule has 5 heteroatoms. The van der Waals surface area contributed by atoms with E-state index in [0.717, 1.165) is 55.7 Å². The highest BCUT2D eigenvalue weighted by atomic mass is 16.5. The highest BCUT2D eigenvalue weighted by Crippen LogP contribution is 2.34. The first kappa shape index (κ1) is 18.5. The maximum Gasteiger partial charge on any atom is 0.283 e. The lowest BCUT2D eigenvalue weighted by Crippen LogP contribution is -3.11. The Morgan fingerprint density at radius 3 is 2.55 bits per heavy atom. The van der Waals surface area contributed by atoms with Gasteiger partial charge >= 0.3 is 0 Å². The number of amides is 1. The number of ether oxygens (including phenoxy) is 2. The Hall–Kier alpha value is -2.53. The van der Waals surface area contributed by atoms with Crippen molar-refractivity contribution in [2.75, 3.05) is 19.8 Å². The van der Waals surface area contributed by atoms with Crippen LogP contribution in [0.4, 0.5) is 0 Å². The summed E-state index contributed by atoms with van der Waals surface area (Å²) in [4.78, 5) is 14.6. The number of likely N-dealkylation sites (tertiary alicyclic amines) is 1. The van der Waals surface area contributed by atoms with Gasteiger partial charge in [0.1, 0.15) is 6.04 Å². The normalized spacial score (nSPS) is 24.6. The Labute approximate surface area is 172 Å². The zero-order chi connectivity index (χ0) is 19.6. The number of hydrogen-bond acceptors (Lipinski definition) is 3. The molecule has 1 aliphatic carbocycles. The third kappa shape index (κ3) is 3.97. The van der Waals surface area contributed by atoms with Gasteiger partial charge < -0.3 is 19.7 Å². The average Bonchev–Trinajstić information content (AvgIpc) is 3.49. The van der Waals surface area contributed by atoms with Gasteiger partial charge in [0.15, 0.2) is 17.5 Å². The molecule has 1 saturated heterocycles. The van der Waals surface area contributed by atoms with E-state index in [1.165, 1.54) is 10.5 Å². The smallest absolute Gasteiger partial charge is 0.283 e. The predicted octanol–water partition coefficient (Wildman–Crippen LogP) is 2.59. The highest BCUT2D eigenvalue weighted by molar-refractivity contribution is 5.82. The molecule has 2 heterocycles. The van der Waals surface area contributed by atoms with Crippen LogP contribution < -0.4 is 19.7 Å². The molecule has 0 bridgehead atoms. The second-order valence-electron chi connectivity index (χ2n) is 8.40. The molecule has 5 nitrogen and oxygen atoms in total. The van der Waals surface area contributed by atoms with Crippen molar-refractivity contribution in [3.05, 3.63) is 59.7 Å². The van der Waals surface area contributed by atoms with E-state index >= 15 is 0 Å². The van der Waals surface area contributed by atoms with E-state index in [1.807, 2.05) is 24.3 Å². The van der Waals surface area contributed by atoms with Gasteiger partial charge in [0.25, 0.3) is 5.91 Å². The third-order valence-corrected chi connectivity index (χ3v) is 6.27. The van der Waals surface area contributed by atoms with Gasteiger partial charge in [-0.3, -0.25) is 4.79 Å². The molecule has 0 spiro atoms. The van der Waals surface area contributed by atoms with Crippen LogP contribution in [0.2, 0.25) is 0 Å². The van der Waals surface area contributed by atoms with Gasteiger partial charge in [-0.1, -0.05) is 30.3 Å². The van der Waals surface area contributed by atoms with Crippen molar-refractivity contribution in [1.82, 2.24) is 5.32 Å². The highest BCUT2D eigenvalue weighted by Gasteiger charge is 2.42. The molecule has 1 saturated carbocycles. The molecule has 5 rings (SSSR count). The number of carbonyl (C=O) groups is 1. The summed E-state index contributed by atoms with van der Waals surface area (Å²) in [5, 5.41) is 3.26. The summed E-state index contributed by atoms with van der Waals surface area (Å²) in [6.07, 6.45) is 5.31. The number of carbonyl (C=O) groups excluding carboxylic acids is 1. The number of benzene rings is 2. The van der Waals surface area contributed by atoms with Crippen LogP contribution in [-0.2, 0) is 4.79 Å². The fourth-order valence-electron chi connectivity index (χ4n) is 4.68. The van der Waals surface area contributed by atoms with E-state index in [2.05, 4.69) is 29.6 Å². The molecule has 0 aromatic heterocycles. The summed E-state index contributed by atoms with van der Waals surface area (Å²) in [7, 11) is 0. The van der Waals surface area contributed by atoms with Crippen LogP contribution >= 0.6 is 0 Å². The quantitative estimate of drug-likeness (QED) is 0.821. The SMILES string of the molecule is O=C(NC1CC1)[C@H](c1ccccc1)[NH+]1CCC[C@@H]1c1ccc2c(c1)OCCCO2. The maximum absolute atomic E-state index is 13.3. The van der Waals surface area contributed by atoms with E-state index in [9.17, 15) is 4.79 Å². The summed E-state index contributed by atoms with van der Waals surface area (Å²) in [6.45, 7) is 2.38. The van der Waals surface area contributed by atoms with E-state index in [-0.39, 0.29) is 18.0 Å². The first-order chi connectivity index (χ1) is 14.3. The molecule has 3 aliphatic rings. The van der Waals surface area contributed by atoms with Gasteiger partial charge in [-0.25, -0.2) is 0 Å². The van der Waals surface area contributed by atoms with Gasteiger partial charge in [-0.15, -0.1) is 0 Å². The molecule has 2 N–H and O–H groups in total. The summed E-state index contributed by atoms with van der Waals surface area (Å²) in [6, 6.07) is 17.1. The summed E-state index contributed by atoms with van der Waals surface area (Å²) in [5.41, 5.74) is 2.34. The van der Waals surface area contributed by atoms with E-state index < -0.39 is 0 Å². The number of rotatable bonds is 5. The van der Waals surface area contributed by atoms with E-state index in [1.54, 1.807) is 0 Å². The van der Waals surface area contributed by atoms with Crippen LogP contribution in [0.15, 0.2) is 48.5 Å². The fraction of sp³-hybridized carbons (Fsp3) is 0.458. The van der Waals surface area contributed by atoms with Gasteiger partial charge in [-0.05, 0) is 31.0 Å². The molecule has 3 atom stereocenters. The Morgan fingerprint density at radius 2 is 1.76 bits per heavy atom. The van der Waals surface area contributed by atoms with Crippen molar-refractivity contribution in [3.8, 4) is 11.5 Å². The van der Waals surface area contributed by atoms with Gasteiger partial charge in [0.2, 0.25) is 0 Å². The van der Waals surface area contributed by atoms with Crippen LogP contribution in [0.1, 0.15) is 55.3 Å². The minimum atomic E-state index is -0.180. The van der Waals surface area contributed by atoms with Gasteiger partial charge in [0, 0.05) is 36.4 Å². The minimum Gasteiger partial charge on any atom is -0.490 e. The Balaban J connectivity index is 1.46. The molecule has 1 amide bonds. The third-order valence-electron chi connectivity index (χ3n) is 6.27. The van der Waals surface area contributed by atoms with Gasteiger partial charge in [0.05, 0.1) is 19.8 Å². The van der Waals surface area contributed by atoms with E-state index in [0.29, 0.717) is 19.3 Å². The van der Waals surface area contributed by atoms with Crippen molar-refractivity contribution in [2.45, 2.75) is 50.2 Å². The molecular weight excluding hydrogens is 364 g/mol. The van der Waals surface area contributed by atoms with Gasteiger partial charge in [-0.2, -0.15) is 0 Å². The summed E-state index contributed by atoms with van der Waals surface area (Å²) < 4.78 is 11.7. The lowest BCUT2D eigenvalue weighted by atomic mass is 9.99. The molecule has 2 aliphatic heterocycles. The lowest BCUT2D eigenvalue weighted by Gasteiger charge is -2.30. The largest absolute Gasteiger partial charge is 0.490 e. The molecule has 29 heavy (non-hydrogen) atoms. The lowest BCUT2D eigenvalue weighted by molar-refractivity contribution is -0.940. The second kappa shape index (κ2) is 8.07. The van der Waals surface area contributed by atoms with Crippen LogP contribution in [0.5, 0.6) is 11.5 Å². The molecule has 0 radical (unpaired) electrons. The zero-order valence-corrected chi connectivity index (χ0v) is 16.7. The molecule has 2 fully saturated rings. The molecule has 152 valence electrons. The van der Waals surface area contributed by atoms with E-state index in [4.69, 9.17) is 9.47 Å². The number of fused-ring (bicyclic) bond motifs is 1. The minimum absolute atomic E-state index is 0.162. The van der Waals surface area contributed by atoms with Crippen molar-refractivity contribution >= 4 is 5.91 Å². The fourth-order valence-corrected chi connectivity index (χ4v) is 4.68. The average molecular weight is 394 g/mol.